The van der Waals surface area contributed by atoms with Crippen molar-refractivity contribution in [2.45, 2.75) is 126 Å². The van der Waals surface area contributed by atoms with Crippen LogP contribution in [0, 0.1) is 23.2 Å². The molecule has 4 rings (SSSR count). The van der Waals surface area contributed by atoms with Crippen molar-refractivity contribution in [3.8, 4) is 5.75 Å². The molecule has 1 aromatic carbocycles. The van der Waals surface area contributed by atoms with E-state index in [1.807, 2.05) is 11.0 Å². The Balaban J connectivity index is 1.21. The fourth-order valence-corrected chi connectivity index (χ4v) is 8.68. The third-order valence-electron chi connectivity index (χ3n) is 11.4. The quantitative estimate of drug-likeness (QED) is 0.127. The normalized spacial score (nSPS) is 27.1. The van der Waals surface area contributed by atoms with Crippen molar-refractivity contribution in [1.82, 2.24) is 4.90 Å². The van der Waals surface area contributed by atoms with Gasteiger partial charge in [-0.2, -0.15) is 39.5 Å². The molecular formula is C35H47F10NO2. The summed E-state index contributed by atoms with van der Waals surface area (Å²) in [6, 6.07) is 6.17. The van der Waals surface area contributed by atoms with Gasteiger partial charge in [0.25, 0.3) is 0 Å². The Hall–Kier alpha value is -2.05. The fraction of sp³-hybridized carbons (Fsp3) is 0.800. The highest BCUT2D eigenvalue weighted by molar-refractivity contribution is 5.87. The molecule has 0 bridgehead atoms. The van der Waals surface area contributed by atoms with E-state index in [9.17, 15) is 44.3 Å². The number of hydrogen-bond donors (Lipinski definition) is 0. The molecule has 1 aromatic rings. The Bertz CT molecular complexity index is 1250. The zero-order chi connectivity index (χ0) is 35.7. The van der Waals surface area contributed by atoms with Crippen molar-refractivity contribution in [3.63, 3.8) is 0 Å². The molecule has 6 atom stereocenters. The molecule has 3 nitrogen and oxygen atoms in total. The van der Waals surface area contributed by atoms with Gasteiger partial charge in [0, 0.05) is 18.3 Å². The van der Waals surface area contributed by atoms with Crippen LogP contribution < -0.4 is 4.74 Å². The summed E-state index contributed by atoms with van der Waals surface area (Å²) in [4.78, 5) is 14.8. The number of carbonyl (C=O) groups is 1. The van der Waals surface area contributed by atoms with Crippen LogP contribution in [0.15, 0.2) is 18.2 Å². The van der Waals surface area contributed by atoms with Gasteiger partial charge < -0.3 is 9.64 Å². The van der Waals surface area contributed by atoms with Crippen LogP contribution in [0.25, 0.3) is 0 Å². The smallest absolute Gasteiger partial charge is 0.460 e. The zero-order valence-corrected chi connectivity index (χ0v) is 27.8. The number of ketones is 1. The van der Waals surface area contributed by atoms with E-state index in [4.69, 9.17) is 4.74 Å². The number of rotatable bonds is 16. The molecule has 13 heteroatoms. The first kappa shape index (κ1) is 38.7. The van der Waals surface area contributed by atoms with E-state index in [-0.39, 0.29) is 41.9 Å². The van der Waals surface area contributed by atoms with Crippen LogP contribution in [-0.4, -0.2) is 68.0 Å². The lowest BCUT2D eigenvalue weighted by atomic mass is 9.52. The fourth-order valence-electron chi connectivity index (χ4n) is 8.68. The van der Waals surface area contributed by atoms with Gasteiger partial charge in [0.2, 0.25) is 0 Å². The Morgan fingerprint density at radius 2 is 1.60 bits per heavy atom. The second-order valence-corrected chi connectivity index (χ2v) is 14.5. The van der Waals surface area contributed by atoms with E-state index in [0.717, 1.165) is 31.4 Å². The topological polar surface area (TPSA) is 29.5 Å². The number of nitrogens with zero attached hydrogens (tertiary/aromatic N) is 1. The van der Waals surface area contributed by atoms with Gasteiger partial charge in [0.05, 0.1) is 7.11 Å². The minimum atomic E-state index is -6.85. The van der Waals surface area contributed by atoms with E-state index in [1.54, 1.807) is 14.2 Å². The van der Waals surface area contributed by atoms with Gasteiger partial charge in [-0.15, -0.1) is 0 Å². The monoisotopic (exact) mass is 703 g/mol. The van der Waals surface area contributed by atoms with Crippen LogP contribution in [0.1, 0.15) is 101 Å². The van der Waals surface area contributed by atoms with Gasteiger partial charge in [-0.3, -0.25) is 4.79 Å². The largest absolute Gasteiger partial charge is 0.497 e. The molecule has 2 saturated carbocycles. The van der Waals surface area contributed by atoms with Gasteiger partial charge in [0.1, 0.15) is 17.7 Å². The molecule has 48 heavy (non-hydrogen) atoms. The number of unbranched alkanes of at least 4 members (excludes halogenated alkanes) is 3. The Labute approximate surface area is 276 Å². The first-order valence-corrected chi connectivity index (χ1v) is 17.0. The van der Waals surface area contributed by atoms with Gasteiger partial charge in [-0.25, -0.2) is 4.39 Å². The molecule has 0 radical (unpaired) electrons. The Kier molecular flexibility index (Phi) is 11.8. The van der Waals surface area contributed by atoms with Gasteiger partial charge in [0.15, 0.2) is 0 Å². The molecule has 3 aliphatic rings. The summed E-state index contributed by atoms with van der Waals surface area (Å²) in [6.45, 7) is 3.15. The first-order valence-electron chi connectivity index (χ1n) is 17.0. The molecule has 0 saturated heterocycles. The minimum Gasteiger partial charge on any atom is -0.497 e. The van der Waals surface area contributed by atoms with Crippen LogP contribution in [0.4, 0.5) is 43.9 Å². The molecule has 0 aromatic heterocycles. The molecule has 0 N–H and O–H groups in total. The van der Waals surface area contributed by atoms with Crippen molar-refractivity contribution in [2.24, 2.45) is 23.2 Å². The zero-order valence-electron chi connectivity index (χ0n) is 27.8. The maximum absolute atomic E-state index is 15.6. The second kappa shape index (κ2) is 14.7. The third-order valence-corrected chi connectivity index (χ3v) is 11.4. The minimum absolute atomic E-state index is 0.0478. The number of halogens is 10. The van der Waals surface area contributed by atoms with E-state index in [2.05, 4.69) is 19.1 Å². The summed E-state index contributed by atoms with van der Waals surface area (Å²) < 4.78 is 138. The lowest BCUT2D eigenvalue weighted by Crippen LogP contribution is -2.60. The highest BCUT2D eigenvalue weighted by Crippen LogP contribution is 2.62. The van der Waals surface area contributed by atoms with Crippen molar-refractivity contribution >= 4 is 5.78 Å². The van der Waals surface area contributed by atoms with Crippen molar-refractivity contribution < 1.29 is 53.4 Å². The number of alkyl halides is 10. The molecule has 3 aliphatic carbocycles. The molecule has 0 spiro atoms. The predicted octanol–water partition coefficient (Wildman–Crippen LogP) is 10.2. The third kappa shape index (κ3) is 7.65. The maximum atomic E-state index is 15.6. The lowest BCUT2D eigenvalue weighted by molar-refractivity contribution is -0.396. The van der Waals surface area contributed by atoms with Crippen molar-refractivity contribution in [3.05, 3.63) is 29.3 Å². The number of hydrogen-bond acceptors (Lipinski definition) is 3. The summed E-state index contributed by atoms with van der Waals surface area (Å²) in [5.41, 5.74) is 2.15. The molecule has 1 unspecified atom stereocenters. The summed E-state index contributed by atoms with van der Waals surface area (Å²) in [5, 5.41) is 0. The molecule has 0 aliphatic heterocycles. The van der Waals surface area contributed by atoms with Crippen molar-refractivity contribution in [1.29, 1.82) is 0 Å². The molecule has 0 heterocycles. The van der Waals surface area contributed by atoms with Crippen molar-refractivity contribution in [2.75, 3.05) is 27.2 Å². The summed E-state index contributed by atoms with van der Waals surface area (Å²) in [5.74, 6) is -17.0. The highest BCUT2D eigenvalue weighted by Gasteiger charge is 2.81. The van der Waals surface area contributed by atoms with Crippen LogP contribution in [-0.2, 0) is 11.2 Å². The van der Waals surface area contributed by atoms with Gasteiger partial charge in [-0.1, -0.05) is 25.8 Å². The summed E-state index contributed by atoms with van der Waals surface area (Å²) >= 11 is 0. The highest BCUT2D eigenvalue weighted by atomic mass is 19.4. The SMILES string of the molecule is COc1ccc2c(c1)C[C@@H](CC(F)CCCN(C)CCCCCCC(F)(F)C(F)(F)C(F)(F)C(F)(F)F)[C@@H]1[C@@H]2CC[C@]2(C)C(=O)CC[C@@H]12. The lowest BCUT2D eigenvalue weighted by Gasteiger charge is -2.52. The average Bonchev–Trinajstić information content (AvgIpc) is 3.31. The number of Topliss-reactive ketones (excluding diaryl/α,β-unsaturated/α-hetero) is 1. The van der Waals surface area contributed by atoms with Gasteiger partial charge >= 0.3 is 23.9 Å². The van der Waals surface area contributed by atoms with Gasteiger partial charge in [-0.05, 0) is 125 Å². The van der Waals surface area contributed by atoms with E-state index < -0.39 is 43.0 Å². The summed E-state index contributed by atoms with van der Waals surface area (Å²) in [7, 11) is 3.43. The van der Waals surface area contributed by atoms with Crippen LogP contribution in [0.3, 0.4) is 0 Å². The van der Waals surface area contributed by atoms with Crippen LogP contribution in [0.5, 0.6) is 5.75 Å². The molecule has 274 valence electrons. The standard InChI is InChI=1S/C35H47F10NO2/c1-31-16-14-27-26-11-10-25(48-3)21-22(26)19-23(30(27)28(31)12-13-29(31)47)20-24(36)9-8-18-46(2)17-7-5-4-6-15-32(37,38)33(39,40)34(41,42)35(43,44)45/h10-11,21,23-24,27-28,30H,4-9,12-20H2,1-3H3/t23-,24?,27+,28-,30+,31-/m0/s1. The summed E-state index contributed by atoms with van der Waals surface area (Å²) in [6.07, 6.45) is -4.33. The van der Waals surface area contributed by atoms with E-state index in [0.29, 0.717) is 51.0 Å². The second-order valence-electron chi connectivity index (χ2n) is 14.5. The first-order chi connectivity index (χ1) is 22.3. The number of ether oxygens (including phenoxy) is 1. The number of carbonyl (C=O) groups excluding carboxylic acids is 1. The number of fused-ring (bicyclic) bond motifs is 5. The number of benzene rings is 1. The predicted molar refractivity (Wildman–Crippen MR) is 162 cm³/mol. The maximum Gasteiger partial charge on any atom is 0.460 e. The molecular weight excluding hydrogens is 656 g/mol. The molecule has 0 amide bonds. The van der Waals surface area contributed by atoms with E-state index in [1.165, 1.54) is 11.1 Å². The number of methoxy groups -OCH3 is 1. The molecule has 2 fully saturated rings. The van der Waals surface area contributed by atoms with Crippen LogP contribution >= 0.6 is 0 Å². The van der Waals surface area contributed by atoms with E-state index >= 15 is 4.39 Å². The average molecular weight is 704 g/mol. The Morgan fingerprint density at radius 1 is 0.938 bits per heavy atom. The Morgan fingerprint density at radius 3 is 2.27 bits per heavy atom. The van der Waals surface area contributed by atoms with Crippen LogP contribution in [0.2, 0.25) is 0 Å².